The standard InChI is InChI=1S/C19H19BrCl2N2O3/c1-12-8-13(21)9-16(22)19(12)27-11-18(25)23-14-2-3-17(15(20)10-14)24-4-6-26-7-5-24/h2-3,8-10H,4-7,11H2,1H3,(H,23,25). The molecule has 144 valence electrons. The number of anilines is 2. The molecular formula is C19H19BrCl2N2O3. The lowest BCUT2D eigenvalue weighted by molar-refractivity contribution is -0.118. The average Bonchev–Trinajstić information content (AvgIpc) is 2.61. The van der Waals surface area contributed by atoms with Crippen LogP contribution in [0.5, 0.6) is 5.75 Å². The molecule has 5 nitrogen and oxygen atoms in total. The molecule has 2 aromatic rings. The van der Waals surface area contributed by atoms with E-state index in [9.17, 15) is 4.79 Å². The molecule has 1 fully saturated rings. The van der Waals surface area contributed by atoms with Crippen LogP contribution in [0, 0.1) is 6.92 Å². The third kappa shape index (κ3) is 5.29. The summed E-state index contributed by atoms with van der Waals surface area (Å²) in [4.78, 5) is 14.5. The van der Waals surface area contributed by atoms with Crippen molar-refractivity contribution in [2.24, 2.45) is 0 Å². The summed E-state index contributed by atoms with van der Waals surface area (Å²) in [5.74, 6) is 0.187. The second-order valence-electron chi connectivity index (χ2n) is 6.14. The summed E-state index contributed by atoms with van der Waals surface area (Å²) in [5, 5.41) is 3.73. The molecule has 1 aliphatic heterocycles. The summed E-state index contributed by atoms with van der Waals surface area (Å²) in [7, 11) is 0. The van der Waals surface area contributed by atoms with Crippen molar-refractivity contribution in [3.05, 3.63) is 50.4 Å². The number of amides is 1. The molecule has 0 bridgehead atoms. The molecule has 27 heavy (non-hydrogen) atoms. The van der Waals surface area contributed by atoms with Gasteiger partial charge in [0, 0.05) is 28.3 Å². The highest BCUT2D eigenvalue weighted by molar-refractivity contribution is 9.10. The van der Waals surface area contributed by atoms with Crippen LogP contribution in [0.15, 0.2) is 34.8 Å². The van der Waals surface area contributed by atoms with Crippen molar-refractivity contribution >= 4 is 56.4 Å². The largest absolute Gasteiger partial charge is 0.482 e. The maximum atomic E-state index is 12.2. The number of hydrogen-bond acceptors (Lipinski definition) is 4. The van der Waals surface area contributed by atoms with Crippen LogP contribution in [0.1, 0.15) is 5.56 Å². The van der Waals surface area contributed by atoms with E-state index in [-0.39, 0.29) is 12.5 Å². The van der Waals surface area contributed by atoms with Crippen LogP contribution < -0.4 is 15.0 Å². The first kappa shape index (κ1) is 20.3. The van der Waals surface area contributed by atoms with Crippen molar-refractivity contribution in [1.29, 1.82) is 0 Å². The summed E-state index contributed by atoms with van der Waals surface area (Å²) in [6.07, 6.45) is 0. The second kappa shape index (κ2) is 9.15. The van der Waals surface area contributed by atoms with Crippen molar-refractivity contribution < 1.29 is 14.3 Å². The molecule has 0 aromatic heterocycles. The van der Waals surface area contributed by atoms with E-state index >= 15 is 0 Å². The van der Waals surface area contributed by atoms with E-state index in [1.807, 2.05) is 25.1 Å². The number of benzene rings is 2. The third-order valence-electron chi connectivity index (χ3n) is 4.12. The Balaban J connectivity index is 1.60. The van der Waals surface area contributed by atoms with E-state index in [1.165, 1.54) is 0 Å². The first-order valence-electron chi connectivity index (χ1n) is 8.44. The van der Waals surface area contributed by atoms with Crippen LogP contribution >= 0.6 is 39.1 Å². The quantitative estimate of drug-likeness (QED) is 0.669. The summed E-state index contributed by atoms with van der Waals surface area (Å²) in [6, 6.07) is 9.05. The van der Waals surface area contributed by atoms with Gasteiger partial charge < -0.3 is 19.7 Å². The summed E-state index contributed by atoms with van der Waals surface area (Å²) in [6.45, 7) is 4.81. The number of rotatable bonds is 5. The molecule has 1 saturated heterocycles. The Hall–Kier alpha value is -1.47. The van der Waals surface area contributed by atoms with E-state index in [1.54, 1.807) is 12.1 Å². The normalized spacial score (nSPS) is 14.1. The minimum absolute atomic E-state index is 0.148. The molecule has 1 N–H and O–H groups in total. The molecular weight excluding hydrogens is 455 g/mol. The van der Waals surface area contributed by atoms with Gasteiger partial charge in [-0.15, -0.1) is 0 Å². The molecule has 0 spiro atoms. The number of hydrogen-bond donors (Lipinski definition) is 1. The van der Waals surface area contributed by atoms with E-state index in [0.29, 0.717) is 21.5 Å². The maximum Gasteiger partial charge on any atom is 0.262 e. The van der Waals surface area contributed by atoms with Gasteiger partial charge in [0.1, 0.15) is 5.75 Å². The minimum Gasteiger partial charge on any atom is -0.482 e. The van der Waals surface area contributed by atoms with Crippen LogP contribution in [0.4, 0.5) is 11.4 Å². The Labute approximate surface area is 176 Å². The molecule has 1 amide bonds. The van der Waals surface area contributed by atoms with Gasteiger partial charge in [0.25, 0.3) is 5.91 Å². The fourth-order valence-electron chi connectivity index (χ4n) is 2.85. The number of morpholine rings is 1. The Morgan fingerprint density at radius 3 is 2.67 bits per heavy atom. The van der Waals surface area contributed by atoms with E-state index < -0.39 is 0 Å². The summed E-state index contributed by atoms with van der Waals surface area (Å²) >= 11 is 15.7. The first-order chi connectivity index (χ1) is 12.9. The van der Waals surface area contributed by atoms with Gasteiger partial charge in [0.2, 0.25) is 0 Å². The molecule has 2 aromatic carbocycles. The lowest BCUT2D eigenvalue weighted by Crippen LogP contribution is -2.36. The van der Waals surface area contributed by atoms with Gasteiger partial charge in [0.05, 0.1) is 23.9 Å². The van der Waals surface area contributed by atoms with Crippen molar-refractivity contribution in [1.82, 2.24) is 0 Å². The highest BCUT2D eigenvalue weighted by Gasteiger charge is 2.15. The smallest absolute Gasteiger partial charge is 0.262 e. The summed E-state index contributed by atoms with van der Waals surface area (Å²) < 4.78 is 11.9. The topological polar surface area (TPSA) is 50.8 Å². The fraction of sp³-hybridized carbons (Fsp3) is 0.316. The maximum absolute atomic E-state index is 12.2. The summed E-state index contributed by atoms with van der Waals surface area (Å²) in [5.41, 5.74) is 2.54. The van der Waals surface area contributed by atoms with E-state index in [0.717, 1.165) is 42.0 Å². The number of carbonyl (C=O) groups is 1. The van der Waals surface area contributed by atoms with Crippen molar-refractivity contribution in [3.8, 4) is 5.75 Å². The Kier molecular flexibility index (Phi) is 6.87. The number of ether oxygens (including phenoxy) is 2. The number of carbonyl (C=O) groups excluding carboxylic acids is 1. The molecule has 0 radical (unpaired) electrons. The SMILES string of the molecule is Cc1cc(Cl)cc(Cl)c1OCC(=O)Nc1ccc(N2CCOCC2)c(Br)c1. The zero-order valence-electron chi connectivity index (χ0n) is 14.7. The molecule has 0 atom stereocenters. The molecule has 0 saturated carbocycles. The van der Waals surface area contributed by atoms with Crippen LogP contribution in [-0.4, -0.2) is 38.8 Å². The van der Waals surface area contributed by atoms with Crippen LogP contribution in [0.25, 0.3) is 0 Å². The zero-order valence-corrected chi connectivity index (χ0v) is 17.8. The minimum atomic E-state index is -0.272. The lowest BCUT2D eigenvalue weighted by Gasteiger charge is -2.29. The molecule has 1 heterocycles. The van der Waals surface area contributed by atoms with Crippen molar-refractivity contribution in [3.63, 3.8) is 0 Å². The highest BCUT2D eigenvalue weighted by Crippen LogP contribution is 2.32. The number of nitrogens with zero attached hydrogens (tertiary/aromatic N) is 1. The zero-order chi connectivity index (χ0) is 19.4. The molecule has 3 rings (SSSR count). The lowest BCUT2D eigenvalue weighted by atomic mass is 10.2. The van der Waals surface area contributed by atoms with Gasteiger partial charge in [-0.25, -0.2) is 0 Å². The first-order valence-corrected chi connectivity index (χ1v) is 9.99. The molecule has 1 aliphatic rings. The molecule has 0 aliphatic carbocycles. The van der Waals surface area contributed by atoms with Gasteiger partial charge in [-0.2, -0.15) is 0 Å². The number of nitrogens with one attached hydrogen (secondary N) is 1. The monoisotopic (exact) mass is 472 g/mol. The molecule has 0 unspecified atom stereocenters. The number of halogens is 3. The van der Waals surface area contributed by atoms with Gasteiger partial charge in [-0.05, 0) is 58.7 Å². The van der Waals surface area contributed by atoms with Gasteiger partial charge in [0.15, 0.2) is 6.61 Å². The van der Waals surface area contributed by atoms with Crippen molar-refractivity contribution in [2.75, 3.05) is 43.1 Å². The average molecular weight is 474 g/mol. The Morgan fingerprint density at radius 1 is 1.26 bits per heavy atom. The predicted molar refractivity (Wildman–Crippen MR) is 112 cm³/mol. The Bertz CT molecular complexity index is 819. The van der Waals surface area contributed by atoms with Crippen LogP contribution in [0.3, 0.4) is 0 Å². The third-order valence-corrected chi connectivity index (χ3v) is 5.26. The van der Waals surface area contributed by atoms with Crippen LogP contribution in [0.2, 0.25) is 10.0 Å². The van der Waals surface area contributed by atoms with Crippen LogP contribution in [-0.2, 0) is 9.53 Å². The second-order valence-corrected chi connectivity index (χ2v) is 7.83. The molecule has 8 heteroatoms. The van der Waals surface area contributed by atoms with Gasteiger partial charge >= 0.3 is 0 Å². The van der Waals surface area contributed by atoms with E-state index in [2.05, 4.69) is 26.1 Å². The number of aryl methyl sites for hydroxylation is 1. The Morgan fingerprint density at radius 2 is 2.00 bits per heavy atom. The van der Waals surface area contributed by atoms with Crippen molar-refractivity contribution in [2.45, 2.75) is 6.92 Å². The van der Waals surface area contributed by atoms with E-state index in [4.69, 9.17) is 32.7 Å². The highest BCUT2D eigenvalue weighted by atomic mass is 79.9. The fourth-order valence-corrected chi connectivity index (χ4v) is 4.13. The van der Waals surface area contributed by atoms with Gasteiger partial charge in [-0.1, -0.05) is 23.2 Å². The van der Waals surface area contributed by atoms with Gasteiger partial charge in [-0.3, -0.25) is 4.79 Å². The predicted octanol–water partition coefficient (Wildman–Crippen LogP) is 4.92.